The van der Waals surface area contributed by atoms with E-state index in [9.17, 15) is 0 Å². The molecule has 6 heterocycles. The van der Waals surface area contributed by atoms with Crippen molar-refractivity contribution in [1.29, 1.82) is 0 Å². The van der Waals surface area contributed by atoms with Gasteiger partial charge in [-0.2, -0.15) is 0 Å². The normalized spacial score (nSPS) is 22.5. The fourth-order valence-electron chi connectivity index (χ4n) is 9.86. The van der Waals surface area contributed by atoms with E-state index in [0.717, 1.165) is 76.5 Å². The van der Waals surface area contributed by atoms with Crippen LogP contribution in [-0.2, 0) is 19.6 Å². The summed E-state index contributed by atoms with van der Waals surface area (Å²) in [7, 11) is 0. The first-order chi connectivity index (χ1) is 32.4. The van der Waals surface area contributed by atoms with Crippen LogP contribution in [0.1, 0.15) is 156 Å². The van der Waals surface area contributed by atoms with Crippen molar-refractivity contribution in [3.8, 4) is 5.88 Å². The Bertz CT molecular complexity index is 1570. The van der Waals surface area contributed by atoms with Crippen LogP contribution in [-0.4, -0.2) is 222 Å². The van der Waals surface area contributed by atoms with E-state index < -0.39 is 0 Å². The average Bonchev–Trinajstić information content (AvgIpc) is 3.53. The number of ether oxygens (including phenoxy) is 4. The quantitative estimate of drug-likeness (QED) is 0.169. The van der Waals surface area contributed by atoms with Crippen molar-refractivity contribution in [1.82, 2.24) is 44.3 Å². The van der Waals surface area contributed by atoms with Crippen molar-refractivity contribution < 1.29 is 18.9 Å². The fourth-order valence-corrected chi connectivity index (χ4v) is 9.86. The molecule has 5 saturated heterocycles. The largest absolute Gasteiger partial charge is 0.472 e. The molecule has 13 nitrogen and oxygen atoms in total. The molecule has 0 saturated carbocycles. The molecule has 5 aliphatic rings. The lowest BCUT2D eigenvalue weighted by Gasteiger charge is -2.49. The zero-order valence-electron chi connectivity index (χ0n) is 48.9. The zero-order valence-corrected chi connectivity index (χ0v) is 48.9. The third-order valence-corrected chi connectivity index (χ3v) is 14.4. The Morgan fingerprint density at radius 2 is 0.886 bits per heavy atom. The van der Waals surface area contributed by atoms with Crippen LogP contribution >= 0.6 is 0 Å². The van der Waals surface area contributed by atoms with E-state index in [1.54, 1.807) is 6.20 Å². The number of aromatic nitrogens is 2. The highest BCUT2D eigenvalue weighted by Crippen LogP contribution is 2.27. The molecule has 1 atom stereocenters. The predicted molar refractivity (Wildman–Crippen MR) is 293 cm³/mol. The minimum absolute atomic E-state index is 0.00643. The molecular weight excluding hydrogens is 875 g/mol. The van der Waals surface area contributed by atoms with Crippen molar-refractivity contribution in [2.75, 3.05) is 144 Å². The van der Waals surface area contributed by atoms with E-state index in [2.05, 4.69) is 169 Å². The monoisotopic (exact) mass is 986 g/mol. The van der Waals surface area contributed by atoms with Gasteiger partial charge in [0.2, 0.25) is 5.88 Å². The van der Waals surface area contributed by atoms with Gasteiger partial charge in [-0.15, -0.1) is 0 Å². The molecule has 1 aromatic rings. The average molecular weight is 987 g/mol. The summed E-state index contributed by atoms with van der Waals surface area (Å²) in [5.41, 5.74) is 1.58. The first-order valence-corrected chi connectivity index (χ1v) is 27.9. The predicted octanol–water partition coefficient (Wildman–Crippen LogP) is 8.51. The molecule has 0 unspecified atom stereocenters. The summed E-state index contributed by atoms with van der Waals surface area (Å²) in [4.78, 5) is 27.0. The van der Waals surface area contributed by atoms with Crippen LogP contribution in [0.15, 0.2) is 12.4 Å². The molecule has 6 rings (SSSR count). The maximum atomic E-state index is 5.96. The van der Waals surface area contributed by atoms with E-state index in [1.807, 2.05) is 6.20 Å². The molecule has 0 bridgehead atoms. The fraction of sp³-hybridized carbons (Fsp3) is 0.930. The van der Waals surface area contributed by atoms with Crippen molar-refractivity contribution >= 4 is 0 Å². The minimum atomic E-state index is -0.0694. The second-order valence-electron chi connectivity index (χ2n) is 27.4. The Balaban J connectivity index is 0.000000228. The lowest BCUT2D eigenvalue weighted by molar-refractivity contribution is -0.0173. The van der Waals surface area contributed by atoms with Gasteiger partial charge in [0, 0.05) is 115 Å². The van der Waals surface area contributed by atoms with Crippen LogP contribution in [0.4, 0.5) is 0 Å². The molecule has 0 N–H and O–H groups in total. The van der Waals surface area contributed by atoms with Crippen molar-refractivity contribution in [3.63, 3.8) is 0 Å². The van der Waals surface area contributed by atoms with Crippen molar-refractivity contribution in [3.05, 3.63) is 18.1 Å². The number of piperazine rings is 1. The van der Waals surface area contributed by atoms with Gasteiger partial charge in [-0.1, -0.05) is 20.8 Å². The summed E-state index contributed by atoms with van der Waals surface area (Å²) in [6.07, 6.45) is 8.79. The molecule has 0 aliphatic carbocycles. The summed E-state index contributed by atoms with van der Waals surface area (Å²) in [5, 5.41) is 0. The number of piperidine rings is 1. The molecule has 5 aliphatic heterocycles. The third-order valence-electron chi connectivity index (χ3n) is 14.4. The molecule has 0 amide bonds. The highest BCUT2D eigenvalue weighted by atomic mass is 16.5. The van der Waals surface area contributed by atoms with Gasteiger partial charge in [0.1, 0.15) is 6.10 Å². The van der Waals surface area contributed by atoms with E-state index >= 15 is 0 Å². The van der Waals surface area contributed by atoms with Crippen LogP contribution in [0.25, 0.3) is 0 Å². The van der Waals surface area contributed by atoms with Crippen LogP contribution in [0, 0.1) is 11.8 Å². The Morgan fingerprint density at radius 1 is 0.443 bits per heavy atom. The van der Waals surface area contributed by atoms with Gasteiger partial charge >= 0.3 is 0 Å². The molecule has 5 fully saturated rings. The smallest absolute Gasteiger partial charge is 0.232 e. The van der Waals surface area contributed by atoms with E-state index in [1.165, 1.54) is 111 Å². The molecule has 13 heteroatoms. The minimum Gasteiger partial charge on any atom is -0.472 e. The topological polar surface area (TPSA) is 85.4 Å². The summed E-state index contributed by atoms with van der Waals surface area (Å²) in [6, 6.07) is 0. The van der Waals surface area contributed by atoms with Crippen LogP contribution in [0.5, 0.6) is 5.88 Å². The third kappa shape index (κ3) is 24.7. The molecular formula is C57H111N9O4. The zero-order chi connectivity index (χ0) is 52.0. The van der Waals surface area contributed by atoms with Gasteiger partial charge in [-0.05, 0) is 168 Å². The van der Waals surface area contributed by atoms with E-state index in [4.69, 9.17) is 18.9 Å². The molecule has 408 valence electrons. The Kier molecular flexibility index (Phi) is 23.8. The maximum Gasteiger partial charge on any atom is 0.232 e. The number of nitrogens with zero attached hydrogens (tertiary/aromatic N) is 9. The van der Waals surface area contributed by atoms with Crippen LogP contribution in [0.3, 0.4) is 0 Å². The summed E-state index contributed by atoms with van der Waals surface area (Å²) in [6.45, 7) is 64.6. The molecule has 70 heavy (non-hydrogen) atoms. The van der Waals surface area contributed by atoms with E-state index in [-0.39, 0.29) is 28.3 Å². The van der Waals surface area contributed by atoms with Crippen molar-refractivity contribution in [2.24, 2.45) is 11.8 Å². The lowest BCUT2D eigenvalue weighted by Crippen LogP contribution is -2.58. The molecule has 1 aromatic heterocycles. The number of hydrogen-bond acceptors (Lipinski definition) is 13. The lowest BCUT2D eigenvalue weighted by atomic mass is 9.92. The van der Waals surface area contributed by atoms with Crippen molar-refractivity contribution in [2.45, 2.75) is 190 Å². The van der Waals surface area contributed by atoms with Gasteiger partial charge in [0.05, 0.1) is 54.7 Å². The summed E-state index contributed by atoms with van der Waals surface area (Å²) in [5.74, 6) is 2.40. The Hall–Kier alpha value is -1.52. The van der Waals surface area contributed by atoms with Gasteiger partial charge in [-0.3, -0.25) is 24.6 Å². The first-order valence-electron chi connectivity index (χ1n) is 27.9. The number of rotatable bonds is 15. The second-order valence-corrected chi connectivity index (χ2v) is 27.4. The van der Waals surface area contributed by atoms with Gasteiger partial charge in [0.15, 0.2) is 0 Å². The Labute approximate surface area is 431 Å². The van der Waals surface area contributed by atoms with Crippen LogP contribution in [0.2, 0.25) is 0 Å². The van der Waals surface area contributed by atoms with E-state index in [0.29, 0.717) is 17.0 Å². The summed E-state index contributed by atoms with van der Waals surface area (Å²) >= 11 is 0. The maximum absolute atomic E-state index is 5.96. The number of hydrogen-bond donors (Lipinski definition) is 0. The highest BCUT2D eigenvalue weighted by Gasteiger charge is 2.35. The second kappa shape index (κ2) is 27.3. The first kappa shape index (κ1) is 61.0. The highest BCUT2D eigenvalue weighted by molar-refractivity contribution is 5.14. The van der Waals surface area contributed by atoms with Gasteiger partial charge < -0.3 is 33.6 Å². The molecule has 0 radical (unpaired) electrons. The van der Waals surface area contributed by atoms with Crippen LogP contribution < -0.4 is 4.74 Å². The molecule has 0 aromatic carbocycles. The van der Waals surface area contributed by atoms with Gasteiger partial charge in [0.25, 0.3) is 0 Å². The standard InChI is InChI=1S/C20H41N3O.C19H39N3O.C18H31N3O2/c1-19(2,3)23-13-11-22(12-14-23)17-18-7-9-21(10-8-18)15-16-24-20(4,5)6;1-18(2,3)22-15-17(16-22)14-21-9-7-8-20(10-11-21)12-13-23-19(4,5)6;1-17(2,3)15-11-20-16(12-19-15)23-14-7-8-21(13-14)9-10-22-18(4,5)6/h18H,7-17H2,1-6H3;17H,7-16H2,1-6H3;11-12,14H,7-10,13H2,1-6H3/t;;14-/m..1/s1. The Morgan fingerprint density at radius 3 is 1.37 bits per heavy atom. The number of likely N-dealkylation sites (tertiary alicyclic amines) is 3. The van der Waals surface area contributed by atoms with Gasteiger partial charge in [-0.25, -0.2) is 4.98 Å². The summed E-state index contributed by atoms with van der Waals surface area (Å²) < 4.78 is 23.5. The molecule has 0 spiro atoms. The SMILES string of the molecule is CC(C)(C)OCCN1CCC(CN2CCN(C(C)(C)C)CC2)CC1.CC(C)(C)OCCN1CCCN(CC2CN(C(C)(C)C)C2)CC1.CC(C)(C)OCCN1CC[C@@H](Oc2cnc(C(C)(C)C)cn2)C1.